The molecule has 36 heavy (non-hydrogen) atoms. The van der Waals surface area contributed by atoms with Crippen molar-refractivity contribution >= 4 is 11.9 Å². The van der Waals surface area contributed by atoms with Crippen LogP contribution >= 0.6 is 0 Å². The molecule has 0 spiro atoms. The zero-order valence-electron chi connectivity index (χ0n) is 24.5. The van der Waals surface area contributed by atoms with Crippen molar-refractivity contribution in [3.63, 3.8) is 0 Å². The minimum absolute atomic E-state index is 0.0224. The molecule has 0 aromatic heterocycles. The third kappa shape index (κ3) is 5.13. The minimum atomic E-state index is -0.155. The highest BCUT2D eigenvalue weighted by Gasteiger charge is 2.64. The second-order valence-corrected chi connectivity index (χ2v) is 14.4. The third-order valence-corrected chi connectivity index (χ3v) is 12.1. The Labute approximate surface area is 221 Å². The van der Waals surface area contributed by atoms with Crippen molar-refractivity contribution in [2.45, 2.75) is 132 Å². The Morgan fingerprint density at radius 2 is 1.56 bits per heavy atom. The van der Waals surface area contributed by atoms with Gasteiger partial charge in [0.25, 0.3) is 0 Å². The second kappa shape index (κ2) is 10.6. The van der Waals surface area contributed by atoms with Crippen LogP contribution in [0, 0.1) is 58.2 Å². The summed E-state index contributed by atoms with van der Waals surface area (Å²) in [7, 11) is 0. The van der Waals surface area contributed by atoms with Gasteiger partial charge >= 0.3 is 11.9 Å². The highest BCUT2D eigenvalue weighted by molar-refractivity contribution is 5.66. The van der Waals surface area contributed by atoms with Gasteiger partial charge in [-0.3, -0.25) is 9.59 Å². The molecule has 4 heteroatoms. The van der Waals surface area contributed by atoms with Gasteiger partial charge in [0.05, 0.1) is 0 Å². The molecule has 206 valence electrons. The molecule has 11 atom stereocenters. The van der Waals surface area contributed by atoms with E-state index in [2.05, 4.69) is 41.5 Å². The Kier molecular flexibility index (Phi) is 8.23. The average molecular weight is 503 g/mol. The molecule has 0 aromatic rings. The van der Waals surface area contributed by atoms with Gasteiger partial charge in [-0.05, 0) is 104 Å². The van der Waals surface area contributed by atoms with E-state index in [0.717, 1.165) is 55.3 Å². The molecule has 0 amide bonds. The van der Waals surface area contributed by atoms with E-state index in [0.29, 0.717) is 17.8 Å². The maximum Gasteiger partial charge on any atom is 0.302 e. The first-order valence-electron chi connectivity index (χ1n) is 15.2. The summed E-state index contributed by atoms with van der Waals surface area (Å²) >= 11 is 0. The van der Waals surface area contributed by atoms with Crippen LogP contribution in [-0.4, -0.2) is 24.1 Å². The fourth-order valence-electron chi connectivity index (χ4n) is 10.0. The summed E-state index contributed by atoms with van der Waals surface area (Å²) in [5.74, 6) is 5.08. The van der Waals surface area contributed by atoms with Crippen LogP contribution in [0.5, 0.6) is 0 Å². The summed E-state index contributed by atoms with van der Waals surface area (Å²) < 4.78 is 11.9. The van der Waals surface area contributed by atoms with Crippen LogP contribution in [-0.2, 0) is 19.1 Å². The van der Waals surface area contributed by atoms with Crippen LogP contribution in [0.2, 0.25) is 0 Å². The maximum absolute atomic E-state index is 12.4. The SMILES string of the molecule is CC(=O)OC1CCC2(C)C3C(OC(C)=O)CC4(C)C(CCC4[C@H](C)CC[C@H](C)C(C)C)C3CC[C@H]2C1. The van der Waals surface area contributed by atoms with Crippen LogP contribution in [0.25, 0.3) is 0 Å². The van der Waals surface area contributed by atoms with E-state index in [4.69, 9.17) is 9.47 Å². The van der Waals surface area contributed by atoms with Crippen molar-refractivity contribution < 1.29 is 19.1 Å². The van der Waals surface area contributed by atoms with Crippen molar-refractivity contribution in [1.29, 1.82) is 0 Å². The molecule has 4 fully saturated rings. The van der Waals surface area contributed by atoms with Gasteiger partial charge in [0.15, 0.2) is 0 Å². The Balaban J connectivity index is 1.57. The normalized spacial score (nSPS) is 43.6. The largest absolute Gasteiger partial charge is 0.463 e. The van der Waals surface area contributed by atoms with Crippen LogP contribution in [0.15, 0.2) is 0 Å². The zero-order valence-corrected chi connectivity index (χ0v) is 24.5. The Bertz CT molecular complexity index is 806. The quantitative estimate of drug-likeness (QED) is 0.333. The first-order valence-corrected chi connectivity index (χ1v) is 15.2. The molecular formula is C32H54O4. The van der Waals surface area contributed by atoms with Gasteiger partial charge in [-0.25, -0.2) is 0 Å². The summed E-state index contributed by atoms with van der Waals surface area (Å²) in [5, 5.41) is 0. The molecule has 0 aromatic carbocycles. The lowest BCUT2D eigenvalue weighted by atomic mass is 9.43. The van der Waals surface area contributed by atoms with Crippen molar-refractivity contribution in [3.8, 4) is 0 Å². The van der Waals surface area contributed by atoms with Gasteiger partial charge in [-0.15, -0.1) is 0 Å². The third-order valence-electron chi connectivity index (χ3n) is 12.1. The molecule has 0 N–H and O–H groups in total. The highest BCUT2D eigenvalue weighted by atomic mass is 16.5. The summed E-state index contributed by atoms with van der Waals surface area (Å²) in [5.41, 5.74) is 0.428. The summed E-state index contributed by atoms with van der Waals surface area (Å²) in [6.07, 6.45) is 11.9. The molecule has 4 nitrogen and oxygen atoms in total. The number of hydrogen-bond acceptors (Lipinski definition) is 4. The zero-order chi connectivity index (χ0) is 26.4. The van der Waals surface area contributed by atoms with Crippen molar-refractivity contribution in [1.82, 2.24) is 0 Å². The molecule has 4 rings (SSSR count). The molecule has 4 saturated carbocycles. The summed E-state index contributed by atoms with van der Waals surface area (Å²) in [4.78, 5) is 24.0. The summed E-state index contributed by atoms with van der Waals surface area (Å²) in [6, 6.07) is 0. The van der Waals surface area contributed by atoms with Crippen LogP contribution < -0.4 is 0 Å². The number of fused-ring (bicyclic) bond motifs is 5. The lowest BCUT2D eigenvalue weighted by Crippen LogP contribution is -2.60. The van der Waals surface area contributed by atoms with E-state index < -0.39 is 0 Å². The number of esters is 2. The van der Waals surface area contributed by atoms with E-state index in [1.807, 2.05) is 0 Å². The number of hydrogen-bond donors (Lipinski definition) is 0. The Hall–Kier alpha value is -1.06. The topological polar surface area (TPSA) is 52.6 Å². The molecule has 8 unspecified atom stereocenters. The van der Waals surface area contributed by atoms with E-state index >= 15 is 0 Å². The highest BCUT2D eigenvalue weighted by Crippen LogP contribution is 2.69. The number of ether oxygens (including phenoxy) is 2. The van der Waals surface area contributed by atoms with Crippen molar-refractivity contribution in [2.75, 3.05) is 0 Å². The first-order chi connectivity index (χ1) is 16.9. The van der Waals surface area contributed by atoms with E-state index in [9.17, 15) is 9.59 Å². The van der Waals surface area contributed by atoms with E-state index in [-0.39, 0.29) is 35.0 Å². The smallest absolute Gasteiger partial charge is 0.302 e. The second-order valence-electron chi connectivity index (χ2n) is 14.4. The van der Waals surface area contributed by atoms with Gasteiger partial charge in [-0.1, -0.05) is 54.4 Å². The molecule has 0 saturated heterocycles. The average Bonchev–Trinajstić information content (AvgIpc) is 3.13. The lowest BCUT2D eigenvalue weighted by Gasteiger charge is -2.63. The van der Waals surface area contributed by atoms with Gasteiger partial charge in [0, 0.05) is 19.8 Å². The molecular weight excluding hydrogens is 448 g/mol. The maximum atomic E-state index is 12.4. The molecule has 0 aliphatic heterocycles. The van der Waals surface area contributed by atoms with E-state index in [1.165, 1.54) is 45.4 Å². The van der Waals surface area contributed by atoms with E-state index in [1.54, 1.807) is 6.92 Å². The van der Waals surface area contributed by atoms with Crippen molar-refractivity contribution in [3.05, 3.63) is 0 Å². The molecule has 0 heterocycles. The van der Waals surface area contributed by atoms with Crippen molar-refractivity contribution in [2.24, 2.45) is 58.2 Å². The molecule has 0 radical (unpaired) electrons. The standard InChI is InChI=1S/C32H54O4/c1-19(2)20(3)9-10-21(4)27-13-14-28-26-12-11-24-17-25(35-22(5)33)15-16-31(24,7)30(26)29(36-23(6)34)18-32(27,28)8/h19-21,24-30H,9-18H2,1-8H3/t20-,21+,24-,25?,26?,27?,28?,29?,30?,31?,32?/m0/s1. The molecule has 4 aliphatic carbocycles. The van der Waals surface area contributed by atoms with Gasteiger partial charge < -0.3 is 9.47 Å². The monoisotopic (exact) mass is 502 g/mol. The molecule has 4 aliphatic rings. The van der Waals surface area contributed by atoms with Gasteiger partial charge in [0.2, 0.25) is 0 Å². The number of carbonyl (C=O) groups is 2. The first kappa shape index (κ1) is 28.0. The number of carbonyl (C=O) groups excluding carboxylic acids is 2. The fraction of sp³-hybridized carbons (Fsp3) is 0.938. The van der Waals surface area contributed by atoms with Crippen LogP contribution in [0.3, 0.4) is 0 Å². The van der Waals surface area contributed by atoms with Crippen LogP contribution in [0.4, 0.5) is 0 Å². The number of rotatable bonds is 7. The fourth-order valence-corrected chi connectivity index (χ4v) is 10.0. The van der Waals surface area contributed by atoms with Crippen LogP contribution in [0.1, 0.15) is 120 Å². The van der Waals surface area contributed by atoms with Gasteiger partial charge in [-0.2, -0.15) is 0 Å². The molecule has 0 bridgehead atoms. The summed E-state index contributed by atoms with van der Waals surface area (Å²) in [6.45, 7) is 17.8. The predicted molar refractivity (Wildman–Crippen MR) is 144 cm³/mol. The Morgan fingerprint density at radius 1 is 0.861 bits per heavy atom. The lowest BCUT2D eigenvalue weighted by molar-refractivity contribution is -0.201. The van der Waals surface area contributed by atoms with Gasteiger partial charge in [0.1, 0.15) is 12.2 Å². The minimum Gasteiger partial charge on any atom is -0.463 e. The predicted octanol–water partition coefficient (Wildman–Crippen LogP) is 7.83. The Morgan fingerprint density at radius 3 is 2.19 bits per heavy atom.